The Balaban J connectivity index is 3.32. The molecule has 0 saturated heterocycles. The van der Waals surface area contributed by atoms with Crippen LogP contribution in [0.1, 0.15) is 38.3 Å². The summed E-state index contributed by atoms with van der Waals surface area (Å²) in [6, 6.07) is 3.10. The Morgan fingerprint density at radius 3 is 1.73 bits per heavy atom. The first-order valence-electron chi connectivity index (χ1n) is 4.51. The van der Waals surface area contributed by atoms with Gasteiger partial charge in [0.15, 0.2) is 0 Å². The van der Waals surface area contributed by atoms with Crippen LogP contribution in [-0.4, -0.2) is 0 Å². The number of benzene rings is 1. The lowest BCUT2D eigenvalue weighted by Gasteiger charge is -2.20. The second kappa shape index (κ2) is 4.26. The van der Waals surface area contributed by atoms with Crippen LogP contribution in [0.3, 0.4) is 0 Å². The Kier molecular flexibility index (Phi) is 3.62. The fraction of sp³-hybridized carbons (Fsp3) is 0.455. The van der Waals surface area contributed by atoms with Gasteiger partial charge in [-0.2, -0.15) is 0 Å². The lowest BCUT2D eigenvalue weighted by atomic mass is 9.86. The van der Waals surface area contributed by atoms with Crippen LogP contribution in [0.25, 0.3) is 0 Å². The van der Waals surface area contributed by atoms with Crippen molar-refractivity contribution >= 4 is 23.2 Å². The van der Waals surface area contributed by atoms with Crippen LogP contribution in [0.4, 0.5) is 8.78 Å². The maximum absolute atomic E-state index is 12.5. The summed E-state index contributed by atoms with van der Waals surface area (Å²) < 4.78 is 25.1. The summed E-state index contributed by atoms with van der Waals surface area (Å²) in [6.45, 7) is 5.91. The number of alkyl halides is 2. The highest BCUT2D eigenvalue weighted by Gasteiger charge is 2.21. The molecule has 0 spiro atoms. The van der Waals surface area contributed by atoms with E-state index < -0.39 is 6.43 Å². The topological polar surface area (TPSA) is 0 Å². The lowest BCUT2D eigenvalue weighted by Crippen LogP contribution is -2.11. The van der Waals surface area contributed by atoms with Gasteiger partial charge in [0.1, 0.15) is 0 Å². The quantitative estimate of drug-likeness (QED) is 0.642. The van der Waals surface area contributed by atoms with Gasteiger partial charge in [0.05, 0.1) is 15.6 Å². The largest absolute Gasteiger partial charge is 0.266 e. The molecule has 0 aliphatic carbocycles. The Labute approximate surface area is 98.2 Å². The van der Waals surface area contributed by atoms with Crippen LogP contribution in [0.2, 0.25) is 10.0 Å². The van der Waals surface area contributed by atoms with E-state index in [-0.39, 0.29) is 21.0 Å². The molecule has 0 heterocycles. The summed E-state index contributed by atoms with van der Waals surface area (Å²) in [4.78, 5) is 0. The molecule has 0 atom stereocenters. The van der Waals surface area contributed by atoms with E-state index in [1.54, 1.807) is 12.1 Å². The summed E-state index contributed by atoms with van der Waals surface area (Å²) in [5, 5.41) is 0.0600. The molecule has 0 unspecified atom stereocenters. The molecule has 0 nitrogen and oxygen atoms in total. The van der Waals surface area contributed by atoms with Crippen LogP contribution >= 0.6 is 23.2 Å². The van der Waals surface area contributed by atoms with Crippen molar-refractivity contribution in [2.24, 2.45) is 0 Å². The van der Waals surface area contributed by atoms with Crippen molar-refractivity contribution in [1.82, 2.24) is 0 Å². The molecular formula is C11H12Cl2F2. The Hall–Kier alpha value is -0.340. The average Bonchev–Trinajstić information content (AvgIpc) is 1.99. The Morgan fingerprint density at radius 2 is 1.47 bits per heavy atom. The van der Waals surface area contributed by atoms with E-state index in [4.69, 9.17) is 23.2 Å². The molecule has 0 bridgehead atoms. The number of hydrogen-bond donors (Lipinski definition) is 0. The molecule has 1 rings (SSSR count). The number of halogens is 4. The van der Waals surface area contributed by atoms with Crippen LogP contribution < -0.4 is 0 Å². The maximum Gasteiger partial charge on any atom is 0.266 e. The third kappa shape index (κ3) is 2.82. The van der Waals surface area contributed by atoms with Crippen molar-refractivity contribution in [3.63, 3.8) is 0 Å². The fourth-order valence-corrected chi connectivity index (χ4v) is 1.88. The third-order valence-electron chi connectivity index (χ3n) is 2.16. The molecule has 84 valence electrons. The van der Waals surface area contributed by atoms with Gasteiger partial charge in [0, 0.05) is 0 Å². The zero-order valence-electron chi connectivity index (χ0n) is 8.74. The molecule has 4 heteroatoms. The van der Waals surface area contributed by atoms with Crippen molar-refractivity contribution in [3.8, 4) is 0 Å². The molecule has 0 aliphatic heterocycles. The fourth-order valence-electron chi connectivity index (χ4n) is 1.23. The Bertz CT molecular complexity index is 344. The van der Waals surface area contributed by atoms with Gasteiger partial charge in [-0.05, 0) is 23.1 Å². The predicted octanol–water partition coefficient (Wildman–Crippen LogP) is 5.23. The third-order valence-corrected chi connectivity index (χ3v) is 2.79. The zero-order chi connectivity index (χ0) is 11.8. The van der Waals surface area contributed by atoms with Crippen LogP contribution in [-0.2, 0) is 5.41 Å². The highest BCUT2D eigenvalue weighted by Crippen LogP contribution is 2.37. The van der Waals surface area contributed by atoms with Gasteiger partial charge < -0.3 is 0 Å². The van der Waals surface area contributed by atoms with Crippen LogP contribution in [0.15, 0.2) is 12.1 Å². The smallest absolute Gasteiger partial charge is 0.205 e. The summed E-state index contributed by atoms with van der Waals surface area (Å²) in [5.41, 5.74) is 0.404. The van der Waals surface area contributed by atoms with E-state index in [0.29, 0.717) is 0 Å². The summed E-state index contributed by atoms with van der Waals surface area (Å²) >= 11 is 11.5. The van der Waals surface area contributed by atoms with Gasteiger partial charge >= 0.3 is 0 Å². The van der Waals surface area contributed by atoms with E-state index in [2.05, 4.69) is 0 Å². The van der Waals surface area contributed by atoms with Gasteiger partial charge in [0.2, 0.25) is 0 Å². The van der Waals surface area contributed by atoms with E-state index in [9.17, 15) is 8.78 Å². The van der Waals surface area contributed by atoms with Crippen molar-refractivity contribution < 1.29 is 8.78 Å². The van der Waals surface area contributed by atoms with Gasteiger partial charge in [-0.3, -0.25) is 0 Å². The van der Waals surface area contributed by atoms with Crippen molar-refractivity contribution in [3.05, 3.63) is 33.3 Å². The minimum absolute atomic E-state index is 0.0300. The van der Waals surface area contributed by atoms with Gasteiger partial charge in [-0.15, -0.1) is 0 Å². The second-order valence-corrected chi connectivity index (χ2v) is 5.22. The van der Waals surface area contributed by atoms with E-state index in [0.717, 1.165) is 5.56 Å². The molecule has 0 radical (unpaired) electrons. The first-order chi connectivity index (χ1) is 6.73. The molecule has 0 fully saturated rings. The molecule has 0 saturated carbocycles. The average molecular weight is 253 g/mol. The molecular weight excluding hydrogens is 241 g/mol. The molecule has 0 aromatic heterocycles. The SMILES string of the molecule is CC(C)(C)c1cc(Cl)c(C(F)F)c(Cl)c1. The molecule has 15 heavy (non-hydrogen) atoms. The monoisotopic (exact) mass is 252 g/mol. The highest BCUT2D eigenvalue weighted by molar-refractivity contribution is 6.36. The minimum Gasteiger partial charge on any atom is -0.205 e. The van der Waals surface area contributed by atoms with Crippen LogP contribution in [0, 0.1) is 0 Å². The molecule has 0 amide bonds. The Morgan fingerprint density at radius 1 is 1.07 bits per heavy atom. The van der Waals surface area contributed by atoms with Gasteiger partial charge in [-0.1, -0.05) is 44.0 Å². The van der Waals surface area contributed by atoms with Crippen molar-refractivity contribution in [2.45, 2.75) is 32.6 Å². The lowest BCUT2D eigenvalue weighted by molar-refractivity contribution is 0.151. The van der Waals surface area contributed by atoms with Gasteiger partial charge in [-0.25, -0.2) is 8.78 Å². The summed E-state index contributed by atoms with van der Waals surface area (Å²) in [5.74, 6) is 0. The normalized spacial score (nSPS) is 12.3. The van der Waals surface area contributed by atoms with Crippen molar-refractivity contribution in [1.29, 1.82) is 0 Å². The van der Waals surface area contributed by atoms with E-state index >= 15 is 0 Å². The predicted molar refractivity (Wildman–Crippen MR) is 60.1 cm³/mol. The molecule has 1 aromatic rings. The standard InChI is InChI=1S/C11H12Cl2F2/c1-11(2,3)6-4-7(12)9(10(14)15)8(13)5-6/h4-5,10H,1-3H3. The number of hydrogen-bond acceptors (Lipinski definition) is 0. The second-order valence-electron chi connectivity index (χ2n) is 4.40. The molecule has 1 aromatic carbocycles. The maximum atomic E-state index is 12.5. The highest BCUT2D eigenvalue weighted by atomic mass is 35.5. The van der Waals surface area contributed by atoms with Crippen LogP contribution in [0.5, 0.6) is 0 Å². The zero-order valence-corrected chi connectivity index (χ0v) is 10.3. The molecule has 0 N–H and O–H groups in total. The summed E-state index contributed by atoms with van der Waals surface area (Å²) in [6.07, 6.45) is -2.64. The minimum atomic E-state index is -2.64. The summed E-state index contributed by atoms with van der Waals surface area (Å²) in [7, 11) is 0. The van der Waals surface area contributed by atoms with Crippen molar-refractivity contribution in [2.75, 3.05) is 0 Å². The first kappa shape index (κ1) is 12.7. The molecule has 0 aliphatic rings. The van der Waals surface area contributed by atoms with Gasteiger partial charge in [0.25, 0.3) is 6.43 Å². The number of rotatable bonds is 1. The van der Waals surface area contributed by atoms with E-state index in [1.165, 1.54) is 0 Å². The van der Waals surface area contributed by atoms with E-state index in [1.807, 2.05) is 20.8 Å². The first-order valence-corrected chi connectivity index (χ1v) is 5.26.